The van der Waals surface area contributed by atoms with Crippen LogP contribution in [0.2, 0.25) is 0 Å². The van der Waals surface area contributed by atoms with Crippen LogP contribution < -0.4 is 9.47 Å². The topological polar surface area (TPSA) is 58.4 Å². The molecule has 0 radical (unpaired) electrons. The maximum Gasteiger partial charge on any atom is 0.191 e. The molecule has 1 saturated heterocycles. The Morgan fingerprint density at radius 1 is 1.07 bits per heavy atom. The van der Waals surface area contributed by atoms with Gasteiger partial charge in [-0.2, -0.15) is 0 Å². The second-order valence-electron chi connectivity index (χ2n) is 7.58. The minimum absolute atomic E-state index is 0.467. The molecule has 152 valence electrons. The molecule has 1 aromatic heterocycles. The Hall–Kier alpha value is -1.73. The van der Waals surface area contributed by atoms with Gasteiger partial charge >= 0.3 is 0 Å². The monoisotopic (exact) mass is 403 g/mol. The summed E-state index contributed by atoms with van der Waals surface area (Å²) in [7, 11) is 3.32. The smallest absolute Gasteiger partial charge is 0.191 e. The van der Waals surface area contributed by atoms with Crippen molar-refractivity contribution in [1.82, 2.24) is 14.8 Å². The van der Waals surface area contributed by atoms with E-state index in [9.17, 15) is 0 Å². The lowest BCUT2D eigenvalue weighted by atomic mass is 9.95. The molecular formula is C21H29N3O3S. The fourth-order valence-corrected chi connectivity index (χ4v) is 5.24. The van der Waals surface area contributed by atoms with Gasteiger partial charge in [0.2, 0.25) is 0 Å². The van der Waals surface area contributed by atoms with E-state index in [0.29, 0.717) is 12.0 Å². The molecule has 7 heteroatoms. The lowest BCUT2D eigenvalue weighted by molar-refractivity contribution is 0.189. The molecule has 2 heterocycles. The molecule has 0 unspecified atom stereocenters. The number of aromatic nitrogens is 3. The van der Waals surface area contributed by atoms with Crippen LogP contribution in [0.5, 0.6) is 11.5 Å². The normalized spacial score (nSPS) is 20.4. The van der Waals surface area contributed by atoms with Crippen LogP contribution in [0.15, 0.2) is 23.4 Å². The molecule has 2 aliphatic rings. The fraction of sp³-hybridized carbons (Fsp3) is 0.619. The summed E-state index contributed by atoms with van der Waals surface area (Å²) in [5.74, 6) is 4.03. The summed E-state index contributed by atoms with van der Waals surface area (Å²) in [5, 5.41) is 10.2. The average Bonchev–Trinajstić information content (AvgIpc) is 3.42. The highest BCUT2D eigenvalue weighted by Gasteiger charge is 2.25. The Morgan fingerprint density at radius 2 is 1.89 bits per heavy atom. The molecule has 6 nitrogen and oxygen atoms in total. The van der Waals surface area contributed by atoms with E-state index >= 15 is 0 Å². The Labute approximate surface area is 171 Å². The molecule has 0 spiro atoms. The first-order valence-corrected chi connectivity index (χ1v) is 11.2. The van der Waals surface area contributed by atoms with E-state index in [2.05, 4.69) is 14.8 Å². The van der Waals surface area contributed by atoms with E-state index in [-0.39, 0.29) is 0 Å². The number of ether oxygens (including phenoxy) is 3. The molecule has 1 saturated carbocycles. The summed E-state index contributed by atoms with van der Waals surface area (Å²) >= 11 is 1.82. The predicted octanol–water partition coefficient (Wildman–Crippen LogP) is 4.60. The van der Waals surface area contributed by atoms with Crippen molar-refractivity contribution >= 4 is 11.8 Å². The number of hydrogen-bond acceptors (Lipinski definition) is 6. The summed E-state index contributed by atoms with van der Waals surface area (Å²) in [5.41, 5.74) is 1.02. The average molecular weight is 404 g/mol. The Bertz CT molecular complexity index is 783. The molecule has 1 atom stereocenters. The lowest BCUT2D eigenvalue weighted by Crippen LogP contribution is -2.15. The molecule has 1 aromatic carbocycles. The van der Waals surface area contributed by atoms with Gasteiger partial charge in [0.25, 0.3) is 0 Å². The van der Waals surface area contributed by atoms with Gasteiger partial charge in [-0.3, -0.25) is 4.57 Å². The second kappa shape index (κ2) is 9.18. The van der Waals surface area contributed by atoms with Crippen LogP contribution in [-0.2, 0) is 4.74 Å². The van der Waals surface area contributed by atoms with E-state index in [1.54, 1.807) is 14.2 Å². The summed E-state index contributed by atoms with van der Waals surface area (Å²) in [6.45, 7) is 1.75. The molecule has 2 fully saturated rings. The molecule has 2 aromatic rings. The van der Waals surface area contributed by atoms with Gasteiger partial charge in [0.05, 0.1) is 20.8 Å². The highest BCUT2D eigenvalue weighted by Crippen LogP contribution is 2.38. The van der Waals surface area contributed by atoms with Crippen LogP contribution in [0.1, 0.15) is 44.6 Å². The molecule has 1 aliphatic heterocycles. The molecule has 28 heavy (non-hydrogen) atoms. The van der Waals surface area contributed by atoms with Gasteiger partial charge in [-0.25, -0.2) is 0 Å². The van der Waals surface area contributed by atoms with Crippen molar-refractivity contribution < 1.29 is 14.2 Å². The minimum Gasteiger partial charge on any atom is -0.493 e. The zero-order chi connectivity index (χ0) is 19.3. The fourth-order valence-electron chi connectivity index (χ4n) is 4.12. The first kappa shape index (κ1) is 19.6. The van der Waals surface area contributed by atoms with Gasteiger partial charge in [0.15, 0.2) is 22.5 Å². The van der Waals surface area contributed by atoms with Crippen LogP contribution in [0.4, 0.5) is 0 Å². The predicted molar refractivity (Wildman–Crippen MR) is 110 cm³/mol. The number of hydrogen-bond donors (Lipinski definition) is 0. The van der Waals surface area contributed by atoms with Crippen molar-refractivity contribution in [2.24, 2.45) is 5.92 Å². The quantitative estimate of drug-likeness (QED) is 0.630. The summed E-state index contributed by atoms with van der Waals surface area (Å²) < 4.78 is 18.8. The zero-order valence-electron chi connectivity index (χ0n) is 16.7. The lowest BCUT2D eigenvalue weighted by Gasteiger charge is -2.26. The third-order valence-corrected chi connectivity index (χ3v) is 6.89. The van der Waals surface area contributed by atoms with Gasteiger partial charge in [-0.05, 0) is 43.4 Å². The molecule has 0 bridgehead atoms. The van der Waals surface area contributed by atoms with Crippen LogP contribution in [0, 0.1) is 5.92 Å². The van der Waals surface area contributed by atoms with E-state index in [0.717, 1.165) is 53.4 Å². The van der Waals surface area contributed by atoms with E-state index in [4.69, 9.17) is 14.2 Å². The Kier molecular flexibility index (Phi) is 6.42. The SMILES string of the molecule is COc1ccc(-c2nnc(SC[C@@H]3CCOC3)n2C2CCCCC2)cc1OC. The number of thioether (sulfide) groups is 1. The molecule has 0 amide bonds. The Morgan fingerprint density at radius 3 is 2.61 bits per heavy atom. The highest BCUT2D eigenvalue weighted by atomic mass is 32.2. The summed E-state index contributed by atoms with van der Waals surface area (Å²) in [6, 6.07) is 6.46. The van der Waals surface area contributed by atoms with Crippen molar-refractivity contribution in [1.29, 1.82) is 0 Å². The first-order chi connectivity index (χ1) is 13.8. The summed E-state index contributed by atoms with van der Waals surface area (Å²) in [6.07, 6.45) is 7.40. The molecule has 0 N–H and O–H groups in total. The molecule has 1 aliphatic carbocycles. The van der Waals surface area contributed by atoms with E-state index < -0.39 is 0 Å². The van der Waals surface area contributed by atoms with Crippen molar-refractivity contribution in [2.75, 3.05) is 33.2 Å². The van der Waals surface area contributed by atoms with E-state index in [1.165, 1.54) is 32.1 Å². The maximum absolute atomic E-state index is 5.53. The van der Waals surface area contributed by atoms with Crippen molar-refractivity contribution in [3.63, 3.8) is 0 Å². The first-order valence-electron chi connectivity index (χ1n) is 10.2. The van der Waals surface area contributed by atoms with Gasteiger partial charge in [-0.15, -0.1) is 10.2 Å². The third-order valence-electron chi connectivity index (χ3n) is 5.72. The maximum atomic E-state index is 5.53. The Balaban J connectivity index is 1.65. The van der Waals surface area contributed by atoms with E-state index in [1.807, 2.05) is 30.0 Å². The van der Waals surface area contributed by atoms with Gasteiger partial charge in [0.1, 0.15) is 0 Å². The largest absolute Gasteiger partial charge is 0.493 e. The van der Waals surface area contributed by atoms with Crippen LogP contribution in [-0.4, -0.2) is 48.0 Å². The van der Waals surface area contributed by atoms with Gasteiger partial charge in [0, 0.05) is 24.0 Å². The zero-order valence-corrected chi connectivity index (χ0v) is 17.5. The number of rotatable bonds is 7. The van der Waals surface area contributed by atoms with Crippen molar-refractivity contribution in [3.05, 3.63) is 18.2 Å². The van der Waals surface area contributed by atoms with Gasteiger partial charge < -0.3 is 14.2 Å². The molecular weight excluding hydrogens is 374 g/mol. The minimum atomic E-state index is 0.467. The number of benzene rings is 1. The number of methoxy groups -OCH3 is 2. The number of nitrogens with zero attached hydrogens (tertiary/aromatic N) is 3. The van der Waals surface area contributed by atoms with Crippen LogP contribution in [0.25, 0.3) is 11.4 Å². The van der Waals surface area contributed by atoms with Crippen molar-refractivity contribution in [3.8, 4) is 22.9 Å². The van der Waals surface area contributed by atoms with Crippen LogP contribution in [0.3, 0.4) is 0 Å². The standard InChI is InChI=1S/C21H29N3O3S/c1-25-18-9-8-16(12-19(18)26-2)20-22-23-21(28-14-15-10-11-27-13-15)24(20)17-6-4-3-5-7-17/h8-9,12,15,17H,3-7,10-11,13-14H2,1-2H3/t15-/m1/s1. The molecule has 4 rings (SSSR count). The van der Waals surface area contributed by atoms with Crippen LogP contribution >= 0.6 is 11.8 Å². The highest BCUT2D eigenvalue weighted by molar-refractivity contribution is 7.99. The van der Waals surface area contributed by atoms with Crippen molar-refractivity contribution in [2.45, 2.75) is 49.7 Å². The van der Waals surface area contributed by atoms with Gasteiger partial charge in [-0.1, -0.05) is 31.0 Å². The third kappa shape index (κ3) is 4.15. The second-order valence-corrected chi connectivity index (χ2v) is 8.57. The summed E-state index contributed by atoms with van der Waals surface area (Å²) in [4.78, 5) is 0.